The van der Waals surface area contributed by atoms with Gasteiger partial charge in [-0.05, 0) is 23.8 Å². The van der Waals surface area contributed by atoms with Gasteiger partial charge in [0.2, 0.25) is 5.91 Å². The number of carbonyl (C=O) groups excluding carboxylic acids is 2. The Bertz CT molecular complexity index is 637. The number of carbonyl (C=O) groups is 2. The van der Waals surface area contributed by atoms with E-state index in [1.807, 2.05) is 12.1 Å². The van der Waals surface area contributed by atoms with Crippen molar-refractivity contribution < 1.29 is 14.3 Å². The summed E-state index contributed by atoms with van der Waals surface area (Å²) in [6.45, 7) is 0. The summed E-state index contributed by atoms with van der Waals surface area (Å²) in [6, 6.07) is 15.8. The SMILES string of the molecule is O=C1Nc2ccccc2C1C(=O)Oc1ccccc1. The van der Waals surface area contributed by atoms with Gasteiger partial charge in [0.25, 0.3) is 0 Å². The molecule has 0 aromatic heterocycles. The number of amides is 1. The van der Waals surface area contributed by atoms with E-state index in [1.165, 1.54) is 0 Å². The molecule has 3 rings (SSSR count). The number of benzene rings is 2. The van der Waals surface area contributed by atoms with Crippen LogP contribution in [-0.2, 0) is 9.59 Å². The van der Waals surface area contributed by atoms with Gasteiger partial charge in [-0.2, -0.15) is 0 Å². The molecule has 94 valence electrons. The second-order valence-electron chi connectivity index (χ2n) is 4.24. The molecule has 0 fully saturated rings. The number of rotatable bonds is 2. The molecule has 1 heterocycles. The lowest BCUT2D eigenvalue weighted by molar-refractivity contribution is -0.139. The van der Waals surface area contributed by atoms with Gasteiger partial charge in [0.05, 0.1) is 0 Å². The van der Waals surface area contributed by atoms with Crippen molar-refractivity contribution in [2.75, 3.05) is 5.32 Å². The van der Waals surface area contributed by atoms with Crippen molar-refractivity contribution in [2.24, 2.45) is 0 Å². The maximum atomic E-state index is 12.1. The molecular formula is C15H11NO3. The van der Waals surface area contributed by atoms with Gasteiger partial charge in [0.15, 0.2) is 5.92 Å². The molecule has 0 aliphatic carbocycles. The van der Waals surface area contributed by atoms with Crippen LogP contribution in [0.25, 0.3) is 0 Å². The molecule has 19 heavy (non-hydrogen) atoms. The second kappa shape index (κ2) is 4.57. The third-order valence-corrected chi connectivity index (χ3v) is 2.99. The maximum Gasteiger partial charge on any atom is 0.328 e. The summed E-state index contributed by atoms with van der Waals surface area (Å²) in [7, 11) is 0. The quantitative estimate of drug-likeness (QED) is 0.507. The van der Waals surface area contributed by atoms with E-state index in [9.17, 15) is 9.59 Å². The molecule has 0 saturated carbocycles. The van der Waals surface area contributed by atoms with Crippen LogP contribution in [0.4, 0.5) is 5.69 Å². The molecule has 0 saturated heterocycles. The zero-order chi connectivity index (χ0) is 13.2. The number of para-hydroxylation sites is 2. The number of fused-ring (bicyclic) bond motifs is 1. The van der Waals surface area contributed by atoms with Gasteiger partial charge < -0.3 is 10.1 Å². The highest BCUT2D eigenvalue weighted by Crippen LogP contribution is 2.33. The summed E-state index contributed by atoms with van der Waals surface area (Å²) in [6.07, 6.45) is 0. The topological polar surface area (TPSA) is 55.4 Å². The van der Waals surface area contributed by atoms with Crippen LogP contribution in [0.5, 0.6) is 5.75 Å². The summed E-state index contributed by atoms with van der Waals surface area (Å²) in [4.78, 5) is 24.0. The zero-order valence-corrected chi connectivity index (χ0v) is 10.00. The van der Waals surface area contributed by atoms with E-state index < -0.39 is 11.9 Å². The summed E-state index contributed by atoms with van der Waals surface area (Å²) in [5.41, 5.74) is 1.33. The summed E-state index contributed by atoms with van der Waals surface area (Å²) in [5, 5.41) is 2.67. The summed E-state index contributed by atoms with van der Waals surface area (Å²) < 4.78 is 5.23. The van der Waals surface area contributed by atoms with Crippen LogP contribution in [0.15, 0.2) is 54.6 Å². The lowest BCUT2D eigenvalue weighted by Crippen LogP contribution is -2.25. The molecule has 2 aromatic carbocycles. The number of esters is 1. The number of ether oxygens (including phenoxy) is 1. The van der Waals surface area contributed by atoms with Gasteiger partial charge in [0, 0.05) is 5.69 Å². The standard InChI is InChI=1S/C15H11NO3/c17-14-13(11-8-4-5-9-12(11)16-14)15(18)19-10-6-2-1-3-7-10/h1-9,13H,(H,16,17). The van der Waals surface area contributed by atoms with Crippen molar-refractivity contribution in [2.45, 2.75) is 5.92 Å². The van der Waals surface area contributed by atoms with Crippen molar-refractivity contribution in [3.05, 3.63) is 60.2 Å². The molecule has 1 N–H and O–H groups in total. The molecule has 0 bridgehead atoms. The Balaban J connectivity index is 1.86. The van der Waals surface area contributed by atoms with E-state index >= 15 is 0 Å². The molecule has 1 unspecified atom stereocenters. The minimum Gasteiger partial charge on any atom is -0.426 e. The zero-order valence-electron chi connectivity index (χ0n) is 10.00. The molecule has 1 atom stereocenters. The van der Waals surface area contributed by atoms with Crippen molar-refractivity contribution >= 4 is 17.6 Å². The lowest BCUT2D eigenvalue weighted by Gasteiger charge is -2.08. The van der Waals surface area contributed by atoms with Crippen LogP contribution in [0, 0.1) is 0 Å². The first-order valence-electron chi connectivity index (χ1n) is 5.92. The van der Waals surface area contributed by atoms with Gasteiger partial charge >= 0.3 is 5.97 Å². The number of anilines is 1. The van der Waals surface area contributed by atoms with Crippen LogP contribution in [0.3, 0.4) is 0 Å². The molecular weight excluding hydrogens is 242 g/mol. The molecule has 2 aromatic rings. The van der Waals surface area contributed by atoms with Crippen LogP contribution in [-0.4, -0.2) is 11.9 Å². The van der Waals surface area contributed by atoms with Crippen LogP contribution in [0.2, 0.25) is 0 Å². The first-order valence-corrected chi connectivity index (χ1v) is 5.92. The molecule has 4 nitrogen and oxygen atoms in total. The minimum absolute atomic E-state index is 0.345. The fourth-order valence-corrected chi connectivity index (χ4v) is 2.11. The largest absolute Gasteiger partial charge is 0.426 e. The number of hydrogen-bond donors (Lipinski definition) is 1. The van der Waals surface area contributed by atoms with Gasteiger partial charge in [-0.15, -0.1) is 0 Å². The normalized spacial score (nSPS) is 16.6. The Kier molecular flexibility index (Phi) is 2.76. The van der Waals surface area contributed by atoms with Gasteiger partial charge in [-0.25, -0.2) is 0 Å². The smallest absolute Gasteiger partial charge is 0.328 e. The molecule has 4 heteroatoms. The average molecular weight is 253 g/mol. The monoisotopic (exact) mass is 253 g/mol. The Morgan fingerprint density at radius 1 is 1.00 bits per heavy atom. The first-order chi connectivity index (χ1) is 9.25. The minimum atomic E-state index is -0.892. The van der Waals surface area contributed by atoms with Crippen LogP contribution >= 0.6 is 0 Å². The Labute approximate surface area is 110 Å². The Morgan fingerprint density at radius 3 is 2.47 bits per heavy atom. The third kappa shape index (κ3) is 2.08. The number of nitrogens with one attached hydrogen (secondary N) is 1. The lowest BCUT2D eigenvalue weighted by atomic mass is 10.0. The molecule has 0 spiro atoms. The van der Waals surface area contributed by atoms with Crippen molar-refractivity contribution in [3.8, 4) is 5.75 Å². The first kappa shape index (κ1) is 11.5. The maximum absolute atomic E-state index is 12.1. The Hall–Kier alpha value is -2.62. The Morgan fingerprint density at radius 2 is 1.68 bits per heavy atom. The van der Waals surface area contributed by atoms with E-state index in [0.717, 1.165) is 0 Å². The fraction of sp³-hybridized carbons (Fsp3) is 0.0667. The van der Waals surface area contributed by atoms with E-state index in [0.29, 0.717) is 17.0 Å². The van der Waals surface area contributed by atoms with E-state index in [2.05, 4.69) is 5.32 Å². The van der Waals surface area contributed by atoms with Crippen molar-refractivity contribution in [3.63, 3.8) is 0 Å². The van der Waals surface area contributed by atoms with E-state index in [4.69, 9.17) is 4.74 Å². The molecule has 1 aliphatic rings. The van der Waals surface area contributed by atoms with Crippen LogP contribution in [0.1, 0.15) is 11.5 Å². The number of hydrogen-bond acceptors (Lipinski definition) is 3. The molecule has 0 radical (unpaired) electrons. The second-order valence-corrected chi connectivity index (χ2v) is 4.24. The third-order valence-electron chi connectivity index (χ3n) is 2.99. The van der Waals surface area contributed by atoms with Crippen LogP contribution < -0.4 is 10.1 Å². The van der Waals surface area contributed by atoms with Gasteiger partial charge in [-0.3, -0.25) is 9.59 Å². The van der Waals surface area contributed by atoms with E-state index in [-0.39, 0.29) is 5.91 Å². The van der Waals surface area contributed by atoms with Crippen molar-refractivity contribution in [1.29, 1.82) is 0 Å². The summed E-state index contributed by atoms with van der Waals surface area (Å²) in [5.74, 6) is -1.36. The van der Waals surface area contributed by atoms with E-state index in [1.54, 1.807) is 42.5 Å². The predicted molar refractivity (Wildman–Crippen MR) is 69.9 cm³/mol. The molecule has 1 aliphatic heterocycles. The van der Waals surface area contributed by atoms with Gasteiger partial charge in [0.1, 0.15) is 5.75 Å². The average Bonchev–Trinajstić information content (AvgIpc) is 2.75. The fourth-order valence-electron chi connectivity index (χ4n) is 2.11. The van der Waals surface area contributed by atoms with Crippen molar-refractivity contribution in [1.82, 2.24) is 0 Å². The highest BCUT2D eigenvalue weighted by atomic mass is 16.5. The predicted octanol–water partition coefficient (Wildman–Crippen LogP) is 2.33. The highest BCUT2D eigenvalue weighted by molar-refractivity contribution is 6.15. The highest BCUT2D eigenvalue weighted by Gasteiger charge is 2.37. The summed E-state index contributed by atoms with van der Waals surface area (Å²) >= 11 is 0. The van der Waals surface area contributed by atoms with Gasteiger partial charge in [-0.1, -0.05) is 36.4 Å². The molecule has 1 amide bonds.